The van der Waals surface area contributed by atoms with Crippen molar-refractivity contribution in [1.82, 2.24) is 19.9 Å². The molecule has 0 N–H and O–H groups in total. The lowest BCUT2D eigenvalue weighted by Crippen LogP contribution is -2.25. The number of hydrogen-bond donors (Lipinski definition) is 0. The number of thiazole rings is 1. The minimum absolute atomic E-state index is 0.917. The summed E-state index contributed by atoms with van der Waals surface area (Å²) in [5.41, 5.74) is 4.46. The van der Waals surface area contributed by atoms with Gasteiger partial charge in [0.05, 0.1) is 24.8 Å². The molecule has 0 atom stereocenters. The number of furan rings is 1. The van der Waals surface area contributed by atoms with Gasteiger partial charge in [0.25, 0.3) is 0 Å². The molecule has 4 heterocycles. The van der Waals surface area contributed by atoms with Crippen LogP contribution in [0.4, 0.5) is 0 Å². The Balaban J connectivity index is 1.58. The van der Waals surface area contributed by atoms with Crippen LogP contribution in [0.15, 0.2) is 40.9 Å². The van der Waals surface area contributed by atoms with Crippen molar-refractivity contribution in [2.24, 2.45) is 0 Å². The molecule has 0 aromatic carbocycles. The molecule has 0 fully saturated rings. The summed E-state index contributed by atoms with van der Waals surface area (Å²) in [6.45, 7) is 2.93. The molecule has 0 aliphatic carbocycles. The minimum Gasteiger partial charge on any atom is -0.472 e. The van der Waals surface area contributed by atoms with Crippen LogP contribution < -0.4 is 0 Å². The molecule has 0 radical (unpaired) electrons. The normalized spacial score (nSPS) is 15.5. The molecule has 0 saturated carbocycles. The van der Waals surface area contributed by atoms with Gasteiger partial charge in [-0.05, 0) is 12.5 Å². The fraction of sp³-hybridized carbons (Fsp3) is 0.312. The van der Waals surface area contributed by atoms with Crippen LogP contribution in [0.2, 0.25) is 0 Å². The van der Waals surface area contributed by atoms with Crippen LogP contribution in [0.5, 0.6) is 0 Å². The van der Waals surface area contributed by atoms with Crippen molar-refractivity contribution in [2.45, 2.75) is 19.4 Å². The first-order valence-corrected chi connectivity index (χ1v) is 8.24. The number of fused-ring (bicyclic) bond motifs is 1. The van der Waals surface area contributed by atoms with Crippen molar-refractivity contribution in [3.63, 3.8) is 0 Å². The van der Waals surface area contributed by atoms with Gasteiger partial charge in [0.1, 0.15) is 11.3 Å². The summed E-state index contributed by atoms with van der Waals surface area (Å²) in [5.74, 6) is 0. The summed E-state index contributed by atoms with van der Waals surface area (Å²) in [6.07, 6.45) is 8.89. The lowest BCUT2D eigenvalue weighted by Gasteiger charge is -2.17. The average molecular weight is 312 g/mol. The third-order valence-corrected chi connectivity index (χ3v) is 4.78. The SMILES string of the molecule is c1csc(CN2CCc3ncnc(-c4ccoc4)c3CC2)n1. The topological polar surface area (TPSA) is 55.1 Å². The van der Waals surface area contributed by atoms with Crippen molar-refractivity contribution in [3.05, 3.63) is 52.8 Å². The van der Waals surface area contributed by atoms with Gasteiger partial charge in [-0.1, -0.05) is 0 Å². The molecular formula is C16H16N4OS. The van der Waals surface area contributed by atoms with E-state index in [1.54, 1.807) is 30.2 Å². The van der Waals surface area contributed by atoms with E-state index in [0.717, 1.165) is 49.4 Å². The lowest BCUT2D eigenvalue weighted by atomic mass is 10.0. The Bertz CT molecular complexity index is 740. The van der Waals surface area contributed by atoms with E-state index in [4.69, 9.17) is 4.42 Å². The maximum absolute atomic E-state index is 5.20. The van der Waals surface area contributed by atoms with Crippen LogP contribution in [-0.4, -0.2) is 32.9 Å². The molecule has 3 aromatic rings. The van der Waals surface area contributed by atoms with Crippen LogP contribution in [0.1, 0.15) is 16.3 Å². The van der Waals surface area contributed by atoms with E-state index < -0.39 is 0 Å². The molecule has 4 rings (SSSR count). The molecule has 0 saturated heterocycles. The molecule has 0 spiro atoms. The van der Waals surface area contributed by atoms with E-state index in [-0.39, 0.29) is 0 Å². The Hall–Kier alpha value is -2.05. The summed E-state index contributed by atoms with van der Waals surface area (Å²) < 4.78 is 5.20. The molecule has 6 heteroatoms. The van der Waals surface area contributed by atoms with Gasteiger partial charge >= 0.3 is 0 Å². The van der Waals surface area contributed by atoms with E-state index in [2.05, 4.69) is 19.9 Å². The molecule has 0 amide bonds. The Labute approximate surface area is 132 Å². The zero-order valence-electron chi connectivity index (χ0n) is 12.1. The number of hydrogen-bond acceptors (Lipinski definition) is 6. The highest BCUT2D eigenvalue weighted by Gasteiger charge is 2.20. The molecule has 0 unspecified atom stereocenters. The summed E-state index contributed by atoms with van der Waals surface area (Å²) in [5, 5.41) is 3.21. The molecule has 22 heavy (non-hydrogen) atoms. The number of aromatic nitrogens is 3. The van der Waals surface area contributed by atoms with E-state index in [0.29, 0.717) is 0 Å². The maximum atomic E-state index is 5.20. The van der Waals surface area contributed by atoms with Gasteiger partial charge in [0.15, 0.2) is 0 Å². The fourth-order valence-corrected chi connectivity index (χ4v) is 3.56. The summed E-state index contributed by atoms with van der Waals surface area (Å²) in [6, 6.07) is 1.96. The van der Waals surface area contributed by atoms with E-state index in [1.165, 1.54) is 10.6 Å². The monoisotopic (exact) mass is 312 g/mol. The summed E-state index contributed by atoms with van der Waals surface area (Å²) >= 11 is 1.72. The predicted molar refractivity (Wildman–Crippen MR) is 84.5 cm³/mol. The Morgan fingerprint density at radius 3 is 2.95 bits per heavy atom. The molecule has 0 bridgehead atoms. The molecule has 3 aromatic heterocycles. The highest BCUT2D eigenvalue weighted by Crippen LogP contribution is 2.26. The van der Waals surface area contributed by atoms with Crippen LogP contribution in [-0.2, 0) is 19.4 Å². The lowest BCUT2D eigenvalue weighted by molar-refractivity contribution is 0.278. The molecule has 112 valence electrons. The number of rotatable bonds is 3. The van der Waals surface area contributed by atoms with Crippen LogP contribution in [0, 0.1) is 0 Å². The van der Waals surface area contributed by atoms with E-state index >= 15 is 0 Å². The summed E-state index contributed by atoms with van der Waals surface area (Å²) in [4.78, 5) is 15.8. The number of nitrogens with zero attached hydrogens (tertiary/aromatic N) is 4. The van der Waals surface area contributed by atoms with Gasteiger partial charge in [-0.15, -0.1) is 11.3 Å². The molecule has 1 aliphatic rings. The first-order valence-electron chi connectivity index (χ1n) is 7.36. The van der Waals surface area contributed by atoms with Crippen LogP contribution in [0.25, 0.3) is 11.3 Å². The second kappa shape index (κ2) is 5.98. The summed E-state index contributed by atoms with van der Waals surface area (Å²) in [7, 11) is 0. The zero-order chi connectivity index (χ0) is 14.8. The third kappa shape index (κ3) is 2.67. The van der Waals surface area contributed by atoms with Crippen molar-refractivity contribution in [3.8, 4) is 11.3 Å². The van der Waals surface area contributed by atoms with Crippen molar-refractivity contribution in [1.29, 1.82) is 0 Å². The fourth-order valence-electron chi connectivity index (χ4n) is 2.90. The van der Waals surface area contributed by atoms with E-state index in [1.807, 2.05) is 17.6 Å². The average Bonchev–Trinajstić information content (AvgIpc) is 3.20. The Morgan fingerprint density at radius 1 is 1.18 bits per heavy atom. The van der Waals surface area contributed by atoms with Gasteiger partial charge in [-0.2, -0.15) is 0 Å². The molecular weight excluding hydrogens is 296 g/mol. The first-order chi connectivity index (χ1) is 10.9. The maximum Gasteiger partial charge on any atom is 0.116 e. The van der Waals surface area contributed by atoms with Gasteiger partial charge in [-0.25, -0.2) is 15.0 Å². The highest BCUT2D eigenvalue weighted by atomic mass is 32.1. The predicted octanol–water partition coefficient (Wildman–Crippen LogP) is 2.79. The van der Waals surface area contributed by atoms with Crippen molar-refractivity contribution in [2.75, 3.05) is 13.1 Å². The van der Waals surface area contributed by atoms with Crippen molar-refractivity contribution >= 4 is 11.3 Å². The quantitative estimate of drug-likeness (QED) is 0.744. The Kier molecular flexibility index (Phi) is 3.70. The van der Waals surface area contributed by atoms with Gasteiger partial charge in [0.2, 0.25) is 0 Å². The standard InChI is InChI=1S/C16H16N4OS/c1-5-20(9-15-17-4-8-22-15)6-2-14-13(1)16(19-11-18-14)12-3-7-21-10-12/h3-4,7-8,10-11H,1-2,5-6,9H2. The van der Waals surface area contributed by atoms with Gasteiger partial charge in [0, 0.05) is 47.9 Å². The molecule has 1 aliphatic heterocycles. The second-order valence-electron chi connectivity index (χ2n) is 5.36. The first kappa shape index (κ1) is 13.6. The van der Waals surface area contributed by atoms with E-state index in [9.17, 15) is 0 Å². The van der Waals surface area contributed by atoms with Gasteiger partial charge in [-0.3, -0.25) is 4.90 Å². The largest absolute Gasteiger partial charge is 0.472 e. The zero-order valence-corrected chi connectivity index (χ0v) is 12.9. The van der Waals surface area contributed by atoms with Gasteiger partial charge < -0.3 is 4.42 Å². The molecule has 5 nitrogen and oxygen atoms in total. The van der Waals surface area contributed by atoms with Crippen LogP contribution in [0.3, 0.4) is 0 Å². The highest BCUT2D eigenvalue weighted by molar-refractivity contribution is 7.09. The smallest absolute Gasteiger partial charge is 0.116 e. The van der Waals surface area contributed by atoms with Crippen LogP contribution >= 0.6 is 11.3 Å². The Morgan fingerprint density at radius 2 is 2.14 bits per heavy atom. The second-order valence-corrected chi connectivity index (χ2v) is 6.34. The van der Waals surface area contributed by atoms with Crippen molar-refractivity contribution < 1.29 is 4.42 Å². The third-order valence-electron chi connectivity index (χ3n) is 4.01. The minimum atomic E-state index is 0.917.